The second-order valence-electron chi connectivity index (χ2n) is 5.77. The van der Waals surface area contributed by atoms with Gasteiger partial charge in [-0.3, -0.25) is 9.59 Å². The Bertz CT molecular complexity index is 390. The van der Waals surface area contributed by atoms with Crippen molar-refractivity contribution in [1.29, 1.82) is 0 Å². The molecule has 0 aromatic carbocycles. The average Bonchev–Trinajstić information content (AvgIpc) is 2.42. The van der Waals surface area contributed by atoms with Gasteiger partial charge in [-0.1, -0.05) is 0 Å². The number of piperidine rings is 1. The van der Waals surface area contributed by atoms with E-state index in [0.29, 0.717) is 25.6 Å². The Hall–Kier alpha value is -1.79. The lowest BCUT2D eigenvalue weighted by atomic mass is 9.97. The SMILES string of the molecule is CC(=O)NCC1CCN(C(=O)N(CC(=O)O)C(C)C)CC1. The number of urea groups is 1. The van der Waals surface area contributed by atoms with Gasteiger partial charge in [-0.25, -0.2) is 4.79 Å². The molecule has 1 fully saturated rings. The number of aliphatic carboxylic acids is 1. The molecule has 0 aromatic rings. The molecule has 0 radical (unpaired) electrons. The first-order chi connectivity index (χ1) is 9.81. The molecule has 1 aliphatic rings. The molecule has 0 spiro atoms. The van der Waals surface area contributed by atoms with E-state index in [1.54, 1.807) is 4.90 Å². The highest BCUT2D eigenvalue weighted by Crippen LogP contribution is 2.18. The Kier molecular flexibility index (Phi) is 6.45. The van der Waals surface area contributed by atoms with E-state index in [1.807, 2.05) is 13.8 Å². The lowest BCUT2D eigenvalue weighted by Crippen LogP contribution is -2.51. The highest BCUT2D eigenvalue weighted by atomic mass is 16.4. The lowest BCUT2D eigenvalue weighted by Gasteiger charge is -2.36. The normalized spacial score (nSPS) is 15.9. The third-order valence-corrected chi connectivity index (χ3v) is 3.70. The fourth-order valence-corrected chi connectivity index (χ4v) is 2.41. The predicted octanol–water partition coefficient (Wildman–Crippen LogP) is 0.750. The molecule has 7 heteroatoms. The zero-order valence-electron chi connectivity index (χ0n) is 13.0. The van der Waals surface area contributed by atoms with E-state index in [1.165, 1.54) is 11.8 Å². The molecule has 0 saturated carbocycles. The van der Waals surface area contributed by atoms with Gasteiger partial charge in [0.2, 0.25) is 5.91 Å². The molecule has 1 aliphatic heterocycles. The maximum Gasteiger partial charge on any atom is 0.323 e. The minimum Gasteiger partial charge on any atom is -0.480 e. The highest BCUT2D eigenvalue weighted by Gasteiger charge is 2.28. The van der Waals surface area contributed by atoms with Gasteiger partial charge < -0.3 is 20.2 Å². The molecule has 120 valence electrons. The van der Waals surface area contributed by atoms with Crippen LogP contribution in [0.25, 0.3) is 0 Å². The van der Waals surface area contributed by atoms with E-state index >= 15 is 0 Å². The first-order valence-electron chi connectivity index (χ1n) is 7.33. The van der Waals surface area contributed by atoms with Crippen molar-refractivity contribution < 1.29 is 19.5 Å². The van der Waals surface area contributed by atoms with E-state index in [0.717, 1.165) is 12.8 Å². The molecule has 7 nitrogen and oxygen atoms in total. The summed E-state index contributed by atoms with van der Waals surface area (Å²) >= 11 is 0. The van der Waals surface area contributed by atoms with Crippen LogP contribution in [0.4, 0.5) is 4.79 Å². The Labute approximate surface area is 125 Å². The summed E-state index contributed by atoms with van der Waals surface area (Å²) in [4.78, 5) is 37.2. The number of likely N-dealkylation sites (tertiary alicyclic amines) is 1. The van der Waals surface area contributed by atoms with Crippen molar-refractivity contribution in [2.24, 2.45) is 5.92 Å². The highest BCUT2D eigenvalue weighted by molar-refractivity contribution is 5.80. The molecule has 0 bridgehead atoms. The Balaban J connectivity index is 2.49. The van der Waals surface area contributed by atoms with E-state index in [2.05, 4.69) is 5.32 Å². The molecule has 21 heavy (non-hydrogen) atoms. The molecule has 0 aliphatic carbocycles. The maximum absolute atomic E-state index is 12.4. The van der Waals surface area contributed by atoms with Crippen LogP contribution in [-0.4, -0.2) is 65.0 Å². The first kappa shape index (κ1) is 17.3. The molecular formula is C14H25N3O4. The van der Waals surface area contributed by atoms with Gasteiger partial charge in [-0.05, 0) is 32.6 Å². The van der Waals surface area contributed by atoms with Gasteiger partial charge in [0, 0.05) is 32.6 Å². The number of hydrogen-bond acceptors (Lipinski definition) is 3. The third kappa shape index (κ3) is 5.61. The number of amides is 3. The summed E-state index contributed by atoms with van der Waals surface area (Å²) in [6, 6.07) is -0.365. The second-order valence-corrected chi connectivity index (χ2v) is 5.77. The molecule has 1 saturated heterocycles. The fourth-order valence-electron chi connectivity index (χ4n) is 2.41. The monoisotopic (exact) mass is 299 g/mol. The van der Waals surface area contributed by atoms with Crippen LogP contribution in [0, 0.1) is 5.92 Å². The van der Waals surface area contributed by atoms with Crippen molar-refractivity contribution in [2.45, 2.75) is 39.7 Å². The summed E-state index contributed by atoms with van der Waals surface area (Å²) < 4.78 is 0. The van der Waals surface area contributed by atoms with Gasteiger partial charge in [0.25, 0.3) is 0 Å². The first-order valence-corrected chi connectivity index (χ1v) is 7.33. The minimum absolute atomic E-state index is 0.0408. The Morgan fingerprint density at radius 1 is 1.29 bits per heavy atom. The number of carboxylic acid groups (broad SMARTS) is 1. The molecule has 0 aromatic heterocycles. The van der Waals surface area contributed by atoms with Crippen LogP contribution in [0.15, 0.2) is 0 Å². The number of hydrogen-bond donors (Lipinski definition) is 2. The molecule has 1 heterocycles. The zero-order valence-corrected chi connectivity index (χ0v) is 13.0. The Morgan fingerprint density at radius 3 is 2.29 bits per heavy atom. The number of rotatable bonds is 5. The van der Waals surface area contributed by atoms with Gasteiger partial charge >= 0.3 is 12.0 Å². The van der Waals surface area contributed by atoms with Gasteiger partial charge in [-0.15, -0.1) is 0 Å². The van der Waals surface area contributed by atoms with Gasteiger partial charge in [0.15, 0.2) is 0 Å². The number of carbonyl (C=O) groups excluding carboxylic acids is 2. The minimum atomic E-state index is -1.00. The van der Waals surface area contributed by atoms with E-state index in [9.17, 15) is 14.4 Å². The van der Waals surface area contributed by atoms with E-state index < -0.39 is 5.97 Å². The van der Waals surface area contributed by atoms with E-state index in [4.69, 9.17) is 5.11 Å². The third-order valence-electron chi connectivity index (χ3n) is 3.70. The quantitative estimate of drug-likeness (QED) is 0.784. The Morgan fingerprint density at radius 2 is 1.86 bits per heavy atom. The average molecular weight is 299 g/mol. The van der Waals surface area contributed by atoms with Crippen molar-refractivity contribution in [3.8, 4) is 0 Å². The lowest BCUT2D eigenvalue weighted by molar-refractivity contribution is -0.138. The molecule has 2 N–H and O–H groups in total. The van der Waals surface area contributed by atoms with Crippen molar-refractivity contribution in [3.63, 3.8) is 0 Å². The van der Waals surface area contributed by atoms with E-state index in [-0.39, 0.29) is 24.5 Å². The summed E-state index contributed by atoms with van der Waals surface area (Å²) in [5.41, 5.74) is 0. The van der Waals surface area contributed by atoms with Crippen molar-refractivity contribution >= 4 is 17.9 Å². The second kappa shape index (κ2) is 7.85. The van der Waals surface area contributed by atoms with Crippen LogP contribution < -0.4 is 5.32 Å². The van der Waals surface area contributed by atoms with Crippen LogP contribution in [0.1, 0.15) is 33.6 Å². The zero-order chi connectivity index (χ0) is 16.0. The summed E-state index contributed by atoms with van der Waals surface area (Å²) in [6.45, 7) is 6.68. The topological polar surface area (TPSA) is 90.0 Å². The largest absolute Gasteiger partial charge is 0.480 e. The van der Waals surface area contributed by atoms with Crippen LogP contribution in [0.2, 0.25) is 0 Å². The molecule has 1 rings (SSSR count). The summed E-state index contributed by atoms with van der Waals surface area (Å²) in [6.07, 6.45) is 1.65. The number of carboxylic acids is 1. The maximum atomic E-state index is 12.4. The molecule has 3 amide bonds. The smallest absolute Gasteiger partial charge is 0.323 e. The predicted molar refractivity (Wildman–Crippen MR) is 77.9 cm³/mol. The fraction of sp³-hybridized carbons (Fsp3) is 0.786. The van der Waals surface area contributed by atoms with Gasteiger partial charge in [-0.2, -0.15) is 0 Å². The van der Waals surface area contributed by atoms with Crippen molar-refractivity contribution in [3.05, 3.63) is 0 Å². The summed E-state index contributed by atoms with van der Waals surface area (Å²) in [5.74, 6) is -0.663. The van der Waals surface area contributed by atoms with Crippen LogP contribution in [0.5, 0.6) is 0 Å². The summed E-state index contributed by atoms with van der Waals surface area (Å²) in [7, 11) is 0. The van der Waals surface area contributed by atoms with Gasteiger partial charge in [0.1, 0.15) is 6.54 Å². The van der Waals surface area contributed by atoms with Crippen LogP contribution in [0.3, 0.4) is 0 Å². The number of nitrogens with zero attached hydrogens (tertiary/aromatic N) is 2. The number of nitrogens with one attached hydrogen (secondary N) is 1. The van der Waals surface area contributed by atoms with Crippen molar-refractivity contribution in [2.75, 3.05) is 26.2 Å². The van der Waals surface area contributed by atoms with Crippen molar-refractivity contribution in [1.82, 2.24) is 15.1 Å². The molecule has 0 atom stereocenters. The molecular weight excluding hydrogens is 274 g/mol. The van der Waals surface area contributed by atoms with Gasteiger partial charge in [0.05, 0.1) is 0 Å². The van der Waals surface area contributed by atoms with Crippen LogP contribution >= 0.6 is 0 Å². The molecule has 0 unspecified atom stereocenters. The standard InChI is InChI=1S/C14H25N3O4/c1-10(2)17(9-13(19)20)14(21)16-6-4-12(5-7-16)8-15-11(3)18/h10,12H,4-9H2,1-3H3,(H,15,18)(H,19,20). The number of carbonyl (C=O) groups is 3. The van der Waals surface area contributed by atoms with Crippen LogP contribution in [-0.2, 0) is 9.59 Å². The summed E-state index contributed by atoms with van der Waals surface area (Å²) in [5, 5.41) is 11.7.